The third-order valence-corrected chi connectivity index (χ3v) is 4.13. The quantitative estimate of drug-likeness (QED) is 0.570. The third-order valence-electron chi connectivity index (χ3n) is 3.65. The molecule has 0 heterocycles. The van der Waals surface area contributed by atoms with Crippen LogP contribution >= 0.6 is 23.2 Å². The van der Waals surface area contributed by atoms with Gasteiger partial charge in [0.1, 0.15) is 0 Å². The van der Waals surface area contributed by atoms with Crippen LogP contribution in [-0.2, 0) is 0 Å². The Kier molecular flexibility index (Phi) is 3.64. The second-order valence-electron chi connectivity index (χ2n) is 4.94. The van der Waals surface area contributed by atoms with Gasteiger partial charge in [0.15, 0.2) is 0 Å². The van der Waals surface area contributed by atoms with Gasteiger partial charge in [-0.15, -0.1) is 6.42 Å². The van der Waals surface area contributed by atoms with Crippen molar-refractivity contribution in [1.82, 2.24) is 0 Å². The van der Waals surface area contributed by atoms with Gasteiger partial charge in [-0.05, 0) is 65.1 Å². The van der Waals surface area contributed by atoms with Crippen LogP contribution in [0.5, 0.6) is 0 Å². The lowest BCUT2D eigenvalue weighted by Crippen LogP contribution is -1.84. The fraction of sp³-hybridized carbons (Fsp3) is 0.0526. The van der Waals surface area contributed by atoms with Crippen LogP contribution in [0.3, 0.4) is 0 Å². The Balaban J connectivity index is 2.18. The lowest BCUT2D eigenvalue weighted by Gasteiger charge is -2.04. The molecule has 2 aromatic carbocycles. The maximum atomic E-state index is 6.09. The zero-order valence-electron chi connectivity index (χ0n) is 11.5. The van der Waals surface area contributed by atoms with Gasteiger partial charge in [-0.3, -0.25) is 0 Å². The summed E-state index contributed by atoms with van der Waals surface area (Å²) in [6.45, 7) is 2.05. The van der Waals surface area contributed by atoms with Gasteiger partial charge in [0.05, 0.1) is 0 Å². The molecule has 1 aliphatic carbocycles. The number of benzene rings is 2. The van der Waals surface area contributed by atoms with Crippen LogP contribution < -0.4 is 0 Å². The smallest absolute Gasteiger partial charge is 0.0412 e. The molecule has 1 aliphatic rings. The first-order valence-corrected chi connectivity index (χ1v) is 7.31. The molecule has 0 radical (unpaired) electrons. The fourth-order valence-corrected chi connectivity index (χ4v) is 2.89. The van der Waals surface area contributed by atoms with Crippen molar-refractivity contribution in [2.45, 2.75) is 6.92 Å². The number of halogens is 2. The normalized spacial score (nSPS) is 15.2. The zero-order valence-corrected chi connectivity index (χ0v) is 13.0. The number of allylic oxidation sites excluding steroid dienone is 3. The van der Waals surface area contributed by atoms with Crippen LogP contribution in [0, 0.1) is 12.3 Å². The highest BCUT2D eigenvalue weighted by molar-refractivity contribution is 6.31. The maximum absolute atomic E-state index is 6.09. The van der Waals surface area contributed by atoms with E-state index in [2.05, 4.69) is 12.0 Å². The van der Waals surface area contributed by atoms with Gasteiger partial charge in [0.25, 0.3) is 0 Å². The average molecular weight is 311 g/mol. The minimum atomic E-state index is 0.696. The molecule has 3 rings (SSSR count). The van der Waals surface area contributed by atoms with Crippen LogP contribution in [0.15, 0.2) is 48.0 Å². The first-order valence-electron chi connectivity index (χ1n) is 6.55. The van der Waals surface area contributed by atoms with E-state index >= 15 is 0 Å². The van der Waals surface area contributed by atoms with E-state index in [0.29, 0.717) is 5.02 Å². The molecule has 0 saturated carbocycles. The van der Waals surface area contributed by atoms with E-state index in [4.69, 9.17) is 29.6 Å². The first kappa shape index (κ1) is 14.0. The van der Waals surface area contributed by atoms with Gasteiger partial charge in [0.2, 0.25) is 0 Å². The number of hydrogen-bond acceptors (Lipinski definition) is 0. The molecule has 0 bridgehead atoms. The number of hydrogen-bond donors (Lipinski definition) is 0. The highest BCUT2D eigenvalue weighted by atomic mass is 35.5. The fourth-order valence-electron chi connectivity index (χ4n) is 2.59. The van der Waals surface area contributed by atoms with E-state index in [9.17, 15) is 0 Å². The Morgan fingerprint density at radius 1 is 0.952 bits per heavy atom. The molecule has 0 spiro atoms. The van der Waals surface area contributed by atoms with Crippen molar-refractivity contribution in [1.29, 1.82) is 0 Å². The van der Waals surface area contributed by atoms with Crippen molar-refractivity contribution in [3.8, 4) is 12.3 Å². The lowest BCUT2D eigenvalue weighted by molar-refractivity contribution is 1.57. The van der Waals surface area contributed by atoms with Crippen molar-refractivity contribution in [3.05, 3.63) is 74.8 Å². The molecule has 0 nitrogen and oxygen atoms in total. The predicted molar refractivity (Wildman–Crippen MR) is 92.2 cm³/mol. The Morgan fingerprint density at radius 2 is 1.62 bits per heavy atom. The monoisotopic (exact) mass is 310 g/mol. The molecule has 0 N–H and O–H groups in total. The molecule has 0 aliphatic heterocycles. The van der Waals surface area contributed by atoms with Crippen LogP contribution in [-0.4, -0.2) is 0 Å². The molecule has 21 heavy (non-hydrogen) atoms. The largest absolute Gasteiger partial charge is 0.115 e. The lowest BCUT2D eigenvalue weighted by atomic mass is 10.0. The Hall–Kier alpha value is -1.94. The molecule has 0 fully saturated rings. The summed E-state index contributed by atoms with van der Waals surface area (Å²) < 4.78 is 0. The number of rotatable bonds is 1. The van der Waals surface area contributed by atoms with E-state index < -0.39 is 0 Å². The van der Waals surface area contributed by atoms with E-state index in [1.165, 1.54) is 0 Å². The summed E-state index contributed by atoms with van der Waals surface area (Å²) in [7, 11) is 0. The summed E-state index contributed by atoms with van der Waals surface area (Å²) in [4.78, 5) is 0. The molecule has 0 amide bonds. The molecule has 102 valence electrons. The SMILES string of the molecule is C#CC1=C(C)C(=Cc2ccc(Cl)cc2)c2ccc(Cl)cc21. The van der Waals surface area contributed by atoms with Gasteiger partial charge >= 0.3 is 0 Å². The standard InChI is InChI=1S/C19H12Cl2/c1-3-16-12(2)18(10-13-4-6-14(20)7-5-13)17-9-8-15(21)11-19(16)17/h1,4-11H,2H3. The highest BCUT2D eigenvalue weighted by Crippen LogP contribution is 2.42. The van der Waals surface area contributed by atoms with Crippen LogP contribution in [0.25, 0.3) is 17.2 Å². The molecular weight excluding hydrogens is 299 g/mol. The summed E-state index contributed by atoms with van der Waals surface area (Å²) in [5.74, 6) is 2.78. The number of fused-ring (bicyclic) bond motifs is 1. The van der Waals surface area contributed by atoms with Crippen molar-refractivity contribution < 1.29 is 0 Å². The Labute approximate surface area is 134 Å². The van der Waals surface area contributed by atoms with Crippen molar-refractivity contribution in [3.63, 3.8) is 0 Å². The Morgan fingerprint density at radius 3 is 2.29 bits per heavy atom. The molecule has 0 saturated heterocycles. The van der Waals surface area contributed by atoms with E-state index in [0.717, 1.165) is 38.4 Å². The van der Waals surface area contributed by atoms with Gasteiger partial charge < -0.3 is 0 Å². The summed E-state index contributed by atoms with van der Waals surface area (Å²) in [6.07, 6.45) is 7.80. The molecular formula is C19H12Cl2. The summed E-state index contributed by atoms with van der Waals surface area (Å²) in [5.41, 5.74) is 6.39. The summed E-state index contributed by atoms with van der Waals surface area (Å²) >= 11 is 12.0. The van der Waals surface area contributed by atoms with Crippen molar-refractivity contribution in [2.75, 3.05) is 0 Å². The van der Waals surface area contributed by atoms with Crippen LogP contribution in [0.2, 0.25) is 10.0 Å². The van der Waals surface area contributed by atoms with Crippen LogP contribution in [0.1, 0.15) is 23.6 Å². The minimum Gasteiger partial charge on any atom is -0.115 e. The van der Waals surface area contributed by atoms with E-state index in [-0.39, 0.29) is 0 Å². The third kappa shape index (κ3) is 2.51. The highest BCUT2D eigenvalue weighted by Gasteiger charge is 2.22. The average Bonchev–Trinajstić information content (AvgIpc) is 2.73. The second-order valence-corrected chi connectivity index (χ2v) is 5.82. The molecule has 0 atom stereocenters. The molecule has 2 heteroatoms. The van der Waals surface area contributed by atoms with Crippen molar-refractivity contribution >= 4 is 40.4 Å². The number of terminal acetylenes is 1. The van der Waals surface area contributed by atoms with E-state index in [1.54, 1.807) is 0 Å². The first-order chi connectivity index (χ1) is 10.1. The summed E-state index contributed by atoms with van der Waals surface area (Å²) in [5, 5.41) is 1.43. The maximum Gasteiger partial charge on any atom is 0.0412 e. The van der Waals surface area contributed by atoms with Gasteiger partial charge in [0, 0.05) is 15.6 Å². The zero-order chi connectivity index (χ0) is 15.0. The van der Waals surface area contributed by atoms with Gasteiger partial charge in [-0.1, -0.05) is 47.3 Å². The van der Waals surface area contributed by atoms with Gasteiger partial charge in [-0.25, -0.2) is 0 Å². The van der Waals surface area contributed by atoms with E-state index in [1.807, 2.05) is 49.4 Å². The Bertz CT molecular complexity index is 816. The van der Waals surface area contributed by atoms with Crippen molar-refractivity contribution in [2.24, 2.45) is 0 Å². The molecule has 0 unspecified atom stereocenters. The van der Waals surface area contributed by atoms with Gasteiger partial charge in [-0.2, -0.15) is 0 Å². The van der Waals surface area contributed by atoms with Crippen LogP contribution in [0.4, 0.5) is 0 Å². The topological polar surface area (TPSA) is 0 Å². The predicted octanol–water partition coefficient (Wildman–Crippen LogP) is 5.95. The minimum absolute atomic E-state index is 0.696. The molecule has 2 aromatic rings. The summed E-state index contributed by atoms with van der Waals surface area (Å²) in [6, 6.07) is 13.6. The molecule has 0 aromatic heterocycles. The second kappa shape index (κ2) is 5.45.